The van der Waals surface area contributed by atoms with Gasteiger partial charge in [0.15, 0.2) is 0 Å². The van der Waals surface area contributed by atoms with Gasteiger partial charge in [0, 0.05) is 24.6 Å². The molecule has 2 aliphatic rings. The summed E-state index contributed by atoms with van der Waals surface area (Å²) in [6.45, 7) is 5.72. The summed E-state index contributed by atoms with van der Waals surface area (Å²) in [7, 11) is 0. The number of alkyl halides is 1. The molecule has 1 aromatic carbocycles. The summed E-state index contributed by atoms with van der Waals surface area (Å²) >= 11 is 12.3. The van der Waals surface area contributed by atoms with Crippen LogP contribution in [0.4, 0.5) is 0 Å². The molecule has 2 heterocycles. The fourth-order valence-electron chi connectivity index (χ4n) is 5.17. The van der Waals surface area contributed by atoms with Crippen LogP contribution in [0.1, 0.15) is 64.9 Å². The van der Waals surface area contributed by atoms with Gasteiger partial charge >= 0.3 is 0 Å². The van der Waals surface area contributed by atoms with Crippen molar-refractivity contribution in [3.63, 3.8) is 0 Å². The first kappa shape index (κ1) is 34.8. The number of benzene rings is 1. The third kappa shape index (κ3) is 10.2. The van der Waals surface area contributed by atoms with Gasteiger partial charge in [-0.05, 0) is 70.7 Å². The highest BCUT2D eigenvalue weighted by Crippen LogP contribution is 2.26. The molecule has 10 nitrogen and oxygen atoms in total. The third-order valence-electron chi connectivity index (χ3n) is 7.56. The number of nitrogens with zero attached hydrogens (tertiary/aromatic N) is 1. The number of carbonyl (C=O) groups excluding carboxylic acids is 5. The lowest BCUT2D eigenvalue weighted by atomic mass is 9.98. The molecule has 1 unspecified atom stereocenters. The number of amides is 4. The summed E-state index contributed by atoms with van der Waals surface area (Å²) in [6, 6.07) is 6.68. The molecule has 236 valence electrons. The Bertz CT molecular complexity index is 1180. The van der Waals surface area contributed by atoms with E-state index in [4.69, 9.17) is 28.6 Å². The van der Waals surface area contributed by atoms with Crippen LogP contribution >= 0.6 is 35.6 Å². The molecule has 0 aliphatic carbocycles. The minimum atomic E-state index is -1.38. The standard InChI is InChI=1S/C30H41ClN4O6S2/c1-4-41-29(42)43-21(13-12-20(36)18-31)14-15-22-25(37)34-30(2,3)28(40)33-23(17-19-9-6-5-7-10-19)27(39)35-16-8-11-24(35)26(38)32-22/h5-7,9-10,21-24H,4,8,11-18H2,1-3H3,(H,32,38)(H,33,40)(H,34,37)/t21?,22-,23-,24-/m0/s1. The Morgan fingerprint density at radius 2 is 1.84 bits per heavy atom. The summed E-state index contributed by atoms with van der Waals surface area (Å²) in [5.41, 5.74) is -0.518. The van der Waals surface area contributed by atoms with Crippen LogP contribution in [0.3, 0.4) is 0 Å². The zero-order chi connectivity index (χ0) is 31.6. The molecule has 4 atom stereocenters. The maximum Gasteiger partial charge on any atom is 0.246 e. The second-order valence-electron chi connectivity index (χ2n) is 11.3. The molecule has 2 saturated heterocycles. The van der Waals surface area contributed by atoms with Gasteiger partial charge in [0.25, 0.3) is 0 Å². The van der Waals surface area contributed by atoms with E-state index in [9.17, 15) is 24.0 Å². The average molecular weight is 653 g/mol. The molecule has 2 aliphatic heterocycles. The van der Waals surface area contributed by atoms with Crippen molar-refractivity contribution >= 4 is 69.4 Å². The molecule has 0 bridgehead atoms. The maximum atomic E-state index is 13.8. The quantitative estimate of drug-likeness (QED) is 0.246. The molecule has 0 spiro atoms. The van der Waals surface area contributed by atoms with Crippen molar-refractivity contribution in [3.05, 3.63) is 35.9 Å². The number of fused-ring (bicyclic) bond motifs is 1. The number of nitrogens with one attached hydrogen (secondary N) is 3. The summed E-state index contributed by atoms with van der Waals surface area (Å²) in [6.07, 6.45) is 2.67. The van der Waals surface area contributed by atoms with E-state index in [2.05, 4.69) is 16.0 Å². The van der Waals surface area contributed by atoms with Crippen LogP contribution in [0, 0.1) is 0 Å². The van der Waals surface area contributed by atoms with Gasteiger partial charge < -0.3 is 25.6 Å². The van der Waals surface area contributed by atoms with Gasteiger partial charge in [-0.15, -0.1) is 11.6 Å². The summed E-state index contributed by atoms with van der Waals surface area (Å²) in [5.74, 6) is -1.96. The Morgan fingerprint density at radius 3 is 2.51 bits per heavy atom. The highest BCUT2D eigenvalue weighted by molar-refractivity contribution is 8.23. The Labute approximate surface area is 267 Å². The van der Waals surface area contributed by atoms with Crippen molar-refractivity contribution in [2.24, 2.45) is 0 Å². The van der Waals surface area contributed by atoms with Gasteiger partial charge in [-0.3, -0.25) is 24.0 Å². The monoisotopic (exact) mass is 652 g/mol. The minimum Gasteiger partial charge on any atom is -0.479 e. The predicted molar refractivity (Wildman–Crippen MR) is 171 cm³/mol. The van der Waals surface area contributed by atoms with Crippen LogP contribution in [-0.4, -0.2) is 86.6 Å². The molecule has 0 radical (unpaired) electrons. The molecular formula is C30H41ClN4O6S2. The molecule has 0 saturated carbocycles. The summed E-state index contributed by atoms with van der Waals surface area (Å²) in [5, 5.41) is 8.33. The molecule has 2 fully saturated rings. The van der Waals surface area contributed by atoms with Crippen LogP contribution in [-0.2, 0) is 35.1 Å². The number of carbonyl (C=O) groups is 5. The second-order valence-corrected chi connectivity index (χ2v) is 13.5. The highest BCUT2D eigenvalue weighted by atomic mass is 35.5. The van der Waals surface area contributed by atoms with Gasteiger partial charge in [0.05, 0.1) is 12.5 Å². The number of Topliss-reactive ketones (excluding diaryl/α,β-unsaturated/α-hetero) is 1. The Morgan fingerprint density at radius 1 is 1.12 bits per heavy atom. The van der Waals surface area contributed by atoms with E-state index in [1.807, 2.05) is 37.3 Å². The predicted octanol–water partition coefficient (Wildman–Crippen LogP) is 2.89. The third-order valence-corrected chi connectivity index (χ3v) is 9.38. The minimum absolute atomic E-state index is 0.0889. The number of rotatable bonds is 11. The molecule has 1 aromatic rings. The molecule has 3 rings (SSSR count). The van der Waals surface area contributed by atoms with E-state index in [0.29, 0.717) is 43.2 Å². The molecule has 4 amide bonds. The van der Waals surface area contributed by atoms with Gasteiger partial charge in [-0.1, -0.05) is 42.1 Å². The van der Waals surface area contributed by atoms with Crippen molar-refractivity contribution in [2.75, 3.05) is 19.0 Å². The lowest BCUT2D eigenvalue weighted by molar-refractivity contribution is -0.144. The number of halogens is 1. The van der Waals surface area contributed by atoms with Crippen LogP contribution in [0.25, 0.3) is 0 Å². The van der Waals surface area contributed by atoms with E-state index in [0.717, 1.165) is 5.56 Å². The van der Waals surface area contributed by atoms with E-state index < -0.39 is 41.4 Å². The topological polar surface area (TPSA) is 134 Å². The van der Waals surface area contributed by atoms with Crippen molar-refractivity contribution in [1.82, 2.24) is 20.9 Å². The summed E-state index contributed by atoms with van der Waals surface area (Å²) in [4.78, 5) is 67.9. The fraction of sp³-hybridized carbons (Fsp3) is 0.600. The largest absolute Gasteiger partial charge is 0.479 e. The Kier molecular flexibility index (Phi) is 13.3. The van der Waals surface area contributed by atoms with Gasteiger partial charge in [0.1, 0.15) is 29.4 Å². The second kappa shape index (κ2) is 16.4. The van der Waals surface area contributed by atoms with Crippen LogP contribution in [0.15, 0.2) is 30.3 Å². The zero-order valence-electron chi connectivity index (χ0n) is 24.9. The molecule has 43 heavy (non-hydrogen) atoms. The highest BCUT2D eigenvalue weighted by Gasteiger charge is 2.42. The number of thiocarbonyl (C=S) groups is 1. The average Bonchev–Trinajstić information content (AvgIpc) is 3.47. The first-order valence-electron chi connectivity index (χ1n) is 14.6. The molecule has 3 N–H and O–H groups in total. The Hall–Kier alpha value is -2.70. The first-order chi connectivity index (χ1) is 20.4. The van der Waals surface area contributed by atoms with Crippen molar-refractivity contribution < 1.29 is 28.7 Å². The van der Waals surface area contributed by atoms with Crippen molar-refractivity contribution in [3.8, 4) is 0 Å². The lowest BCUT2D eigenvalue weighted by Crippen LogP contribution is -2.64. The zero-order valence-corrected chi connectivity index (χ0v) is 27.2. The van der Waals surface area contributed by atoms with E-state index in [1.165, 1.54) is 16.7 Å². The van der Waals surface area contributed by atoms with Gasteiger partial charge in [0.2, 0.25) is 28.0 Å². The van der Waals surface area contributed by atoms with E-state index in [1.54, 1.807) is 13.8 Å². The fourth-order valence-corrected chi connectivity index (χ4v) is 6.78. The normalized spacial score (nSPS) is 23.2. The molecule has 0 aromatic heterocycles. The number of hydrogen-bond donors (Lipinski definition) is 3. The van der Waals surface area contributed by atoms with E-state index in [-0.39, 0.29) is 42.1 Å². The van der Waals surface area contributed by atoms with Gasteiger partial charge in [-0.25, -0.2) is 0 Å². The van der Waals surface area contributed by atoms with Crippen molar-refractivity contribution in [1.29, 1.82) is 0 Å². The van der Waals surface area contributed by atoms with Crippen LogP contribution in [0.2, 0.25) is 0 Å². The molecular weight excluding hydrogens is 612 g/mol. The summed E-state index contributed by atoms with van der Waals surface area (Å²) < 4.78 is 5.76. The maximum absolute atomic E-state index is 13.8. The number of ether oxygens (including phenoxy) is 1. The van der Waals surface area contributed by atoms with Crippen molar-refractivity contribution in [2.45, 2.75) is 94.6 Å². The van der Waals surface area contributed by atoms with Crippen LogP contribution < -0.4 is 16.0 Å². The van der Waals surface area contributed by atoms with Crippen LogP contribution in [0.5, 0.6) is 0 Å². The lowest BCUT2D eigenvalue weighted by Gasteiger charge is -2.35. The van der Waals surface area contributed by atoms with E-state index >= 15 is 0 Å². The van der Waals surface area contributed by atoms with Gasteiger partial charge in [-0.2, -0.15) is 0 Å². The molecule has 13 heteroatoms. The first-order valence-corrected chi connectivity index (χ1v) is 16.5. The number of ketones is 1. The Balaban J connectivity index is 1.84. The smallest absolute Gasteiger partial charge is 0.246 e. The number of hydrogen-bond acceptors (Lipinski definition) is 8. The SMILES string of the molecule is CCOC(=S)SC(CCC(=O)CCl)CC[C@@H]1NC(=O)[C@@H]2CCCN2C(=O)[C@H](Cc2ccccc2)NC(=O)C(C)(C)NC1=O. The number of thioether (sulfide) groups is 1.